The molecule has 0 spiro atoms. The van der Waals surface area contributed by atoms with Crippen molar-refractivity contribution in [1.82, 2.24) is 20.4 Å². The Labute approximate surface area is 167 Å². The first-order valence-corrected chi connectivity index (χ1v) is 9.40. The molecule has 0 radical (unpaired) electrons. The summed E-state index contributed by atoms with van der Waals surface area (Å²) in [5.74, 6) is 1.68. The average molecular weight is 453 g/mol. The van der Waals surface area contributed by atoms with Crippen molar-refractivity contribution in [1.29, 1.82) is 0 Å². The Morgan fingerprint density at radius 1 is 1.21 bits per heavy atom. The third kappa shape index (κ3) is 8.85. The predicted molar refractivity (Wildman–Crippen MR) is 117 cm³/mol. The lowest BCUT2D eigenvalue weighted by Gasteiger charge is -2.32. The van der Waals surface area contributed by atoms with Gasteiger partial charge in [-0.2, -0.15) is 0 Å². The van der Waals surface area contributed by atoms with Crippen LogP contribution in [-0.2, 0) is 0 Å². The maximum atomic E-state index is 4.36. The van der Waals surface area contributed by atoms with E-state index in [-0.39, 0.29) is 24.0 Å². The Kier molecular flexibility index (Phi) is 13.1. The van der Waals surface area contributed by atoms with Gasteiger partial charge >= 0.3 is 0 Å². The maximum Gasteiger partial charge on any atom is 0.191 e. The van der Waals surface area contributed by atoms with E-state index in [2.05, 4.69) is 60.0 Å². The monoisotopic (exact) mass is 453 g/mol. The summed E-state index contributed by atoms with van der Waals surface area (Å²) in [6.45, 7) is 17.9. The molecule has 1 fully saturated rings. The molecule has 1 saturated heterocycles. The predicted octanol–water partition coefficient (Wildman–Crippen LogP) is 2.62. The minimum atomic E-state index is 0. The summed E-state index contributed by atoms with van der Waals surface area (Å²) in [6.07, 6.45) is 2.65. The highest BCUT2D eigenvalue weighted by Crippen LogP contribution is 2.15. The molecular weight excluding hydrogens is 413 g/mol. The Morgan fingerprint density at radius 3 is 2.42 bits per heavy atom. The van der Waals surface area contributed by atoms with Crippen molar-refractivity contribution in [2.24, 2.45) is 10.9 Å². The number of hydrogen-bond acceptors (Lipinski definition) is 3. The molecule has 0 saturated carbocycles. The van der Waals surface area contributed by atoms with Crippen LogP contribution in [0, 0.1) is 5.92 Å². The number of hydrogen-bond donors (Lipinski definition) is 2. The van der Waals surface area contributed by atoms with Crippen LogP contribution < -0.4 is 10.6 Å². The first-order chi connectivity index (χ1) is 11.0. The van der Waals surface area contributed by atoms with E-state index in [4.69, 9.17) is 0 Å². The number of likely N-dealkylation sites (tertiary alicyclic amines) is 1. The summed E-state index contributed by atoms with van der Waals surface area (Å²) in [7, 11) is 1.86. The van der Waals surface area contributed by atoms with E-state index in [9.17, 15) is 0 Å². The number of halogens is 1. The van der Waals surface area contributed by atoms with Crippen molar-refractivity contribution in [3.63, 3.8) is 0 Å². The Balaban J connectivity index is 0.00000529. The summed E-state index contributed by atoms with van der Waals surface area (Å²) in [4.78, 5) is 9.41. The van der Waals surface area contributed by atoms with Crippen LogP contribution >= 0.6 is 24.0 Å². The van der Waals surface area contributed by atoms with E-state index in [1.165, 1.54) is 32.5 Å². The van der Waals surface area contributed by atoms with Crippen LogP contribution in [0.3, 0.4) is 0 Å². The number of guanidine groups is 1. The third-order valence-corrected chi connectivity index (χ3v) is 4.82. The van der Waals surface area contributed by atoms with Crippen molar-refractivity contribution < 1.29 is 0 Å². The van der Waals surface area contributed by atoms with Gasteiger partial charge in [0.2, 0.25) is 0 Å². The molecule has 2 N–H and O–H groups in total. The number of aliphatic imine (C=N–C) groups is 1. The standard InChI is InChI=1S/C18H39N5.HI/c1-7-22-11-8-9-17(14-22)13-21-18(19-6)20-10-12-23(15(2)3)16(4)5;/h15-17H,7-14H2,1-6H3,(H2,19,20,21);1H. The molecule has 6 heteroatoms. The van der Waals surface area contributed by atoms with Crippen LogP contribution in [-0.4, -0.2) is 74.2 Å². The third-order valence-electron chi connectivity index (χ3n) is 4.82. The lowest BCUT2D eigenvalue weighted by Crippen LogP contribution is -2.47. The summed E-state index contributed by atoms with van der Waals surface area (Å²) >= 11 is 0. The van der Waals surface area contributed by atoms with Gasteiger partial charge in [0, 0.05) is 45.3 Å². The zero-order chi connectivity index (χ0) is 17.2. The maximum absolute atomic E-state index is 4.36. The van der Waals surface area contributed by atoms with Crippen LogP contribution in [0.1, 0.15) is 47.5 Å². The molecule has 1 aliphatic heterocycles. The molecule has 0 aromatic heterocycles. The van der Waals surface area contributed by atoms with Crippen molar-refractivity contribution in [3.05, 3.63) is 0 Å². The summed E-state index contributed by atoms with van der Waals surface area (Å²) in [5, 5.41) is 6.97. The fourth-order valence-electron chi connectivity index (χ4n) is 3.48. The van der Waals surface area contributed by atoms with Gasteiger partial charge in [0.05, 0.1) is 0 Å². The normalized spacial score (nSPS) is 19.7. The lowest BCUT2D eigenvalue weighted by molar-refractivity contribution is 0.177. The molecule has 5 nitrogen and oxygen atoms in total. The van der Waals surface area contributed by atoms with Gasteiger partial charge in [-0.3, -0.25) is 9.89 Å². The summed E-state index contributed by atoms with van der Waals surface area (Å²) in [6, 6.07) is 1.16. The first kappa shape index (κ1) is 23.9. The van der Waals surface area contributed by atoms with E-state index in [1.807, 2.05) is 7.05 Å². The highest BCUT2D eigenvalue weighted by atomic mass is 127. The minimum Gasteiger partial charge on any atom is -0.356 e. The number of nitrogens with one attached hydrogen (secondary N) is 2. The zero-order valence-corrected chi connectivity index (χ0v) is 19.0. The molecule has 0 aromatic carbocycles. The van der Waals surface area contributed by atoms with Crippen LogP contribution in [0.5, 0.6) is 0 Å². The Bertz CT molecular complexity index is 338. The van der Waals surface area contributed by atoms with E-state index in [1.54, 1.807) is 0 Å². The molecule has 0 bridgehead atoms. The second-order valence-corrected chi connectivity index (χ2v) is 7.21. The highest BCUT2D eigenvalue weighted by Gasteiger charge is 2.19. The van der Waals surface area contributed by atoms with Gasteiger partial charge in [0.1, 0.15) is 0 Å². The number of piperidine rings is 1. The molecular formula is C18H40IN5. The summed E-state index contributed by atoms with van der Waals surface area (Å²) in [5.41, 5.74) is 0. The van der Waals surface area contributed by atoms with Crippen molar-refractivity contribution >= 4 is 29.9 Å². The topological polar surface area (TPSA) is 42.9 Å². The van der Waals surface area contributed by atoms with Gasteiger partial charge in [-0.1, -0.05) is 6.92 Å². The van der Waals surface area contributed by atoms with E-state index >= 15 is 0 Å². The molecule has 1 atom stereocenters. The molecule has 144 valence electrons. The van der Waals surface area contributed by atoms with Gasteiger partial charge < -0.3 is 15.5 Å². The SMILES string of the molecule is CCN1CCCC(CNC(=NC)NCCN(C(C)C)C(C)C)C1.I. The van der Waals surface area contributed by atoms with Gasteiger partial charge in [-0.05, 0) is 59.5 Å². The van der Waals surface area contributed by atoms with Crippen molar-refractivity contribution in [3.8, 4) is 0 Å². The fourth-order valence-corrected chi connectivity index (χ4v) is 3.48. The van der Waals surface area contributed by atoms with Crippen LogP contribution in [0.2, 0.25) is 0 Å². The molecule has 0 aromatic rings. The smallest absolute Gasteiger partial charge is 0.191 e. The second-order valence-electron chi connectivity index (χ2n) is 7.21. The number of nitrogens with zero attached hydrogens (tertiary/aromatic N) is 3. The Hall–Kier alpha value is -0.0800. The highest BCUT2D eigenvalue weighted by molar-refractivity contribution is 14.0. The molecule has 0 amide bonds. The molecule has 0 aliphatic carbocycles. The van der Waals surface area contributed by atoms with E-state index in [0.717, 1.165) is 31.5 Å². The van der Waals surface area contributed by atoms with E-state index < -0.39 is 0 Å². The molecule has 1 heterocycles. The second kappa shape index (κ2) is 13.2. The molecule has 1 aliphatic rings. The largest absolute Gasteiger partial charge is 0.356 e. The van der Waals surface area contributed by atoms with Crippen LogP contribution in [0.15, 0.2) is 4.99 Å². The quantitative estimate of drug-likeness (QED) is 0.337. The first-order valence-electron chi connectivity index (χ1n) is 9.40. The van der Waals surface area contributed by atoms with Crippen molar-refractivity contribution in [2.45, 2.75) is 59.5 Å². The van der Waals surface area contributed by atoms with Gasteiger partial charge in [0.15, 0.2) is 5.96 Å². The lowest BCUT2D eigenvalue weighted by atomic mass is 9.98. The van der Waals surface area contributed by atoms with Crippen LogP contribution in [0.4, 0.5) is 0 Å². The zero-order valence-electron chi connectivity index (χ0n) is 16.6. The fraction of sp³-hybridized carbons (Fsp3) is 0.944. The van der Waals surface area contributed by atoms with E-state index in [0.29, 0.717) is 12.1 Å². The van der Waals surface area contributed by atoms with Gasteiger partial charge in [-0.25, -0.2) is 0 Å². The van der Waals surface area contributed by atoms with Crippen LogP contribution in [0.25, 0.3) is 0 Å². The minimum absolute atomic E-state index is 0. The molecule has 24 heavy (non-hydrogen) atoms. The van der Waals surface area contributed by atoms with Crippen molar-refractivity contribution in [2.75, 3.05) is 46.3 Å². The molecule has 1 unspecified atom stereocenters. The van der Waals surface area contributed by atoms with Gasteiger partial charge in [-0.15, -0.1) is 24.0 Å². The van der Waals surface area contributed by atoms with Gasteiger partial charge in [0.25, 0.3) is 0 Å². The Morgan fingerprint density at radius 2 is 1.88 bits per heavy atom. The number of rotatable bonds is 8. The molecule has 1 rings (SSSR count). The summed E-state index contributed by atoms with van der Waals surface area (Å²) < 4.78 is 0. The average Bonchev–Trinajstić information content (AvgIpc) is 2.53.